The molecule has 1 fully saturated rings. The molecule has 3 rings (SSSR count). The van der Waals surface area contributed by atoms with Crippen molar-refractivity contribution in [1.82, 2.24) is 9.88 Å². The van der Waals surface area contributed by atoms with Crippen LogP contribution in [0.1, 0.15) is 36.2 Å². The average molecular weight is 407 g/mol. The van der Waals surface area contributed by atoms with Gasteiger partial charge in [-0.15, -0.1) is 0 Å². The van der Waals surface area contributed by atoms with Crippen LogP contribution in [0.3, 0.4) is 0 Å². The number of aromatic nitrogens is 1. The molecule has 3 amide bonds. The van der Waals surface area contributed by atoms with Gasteiger partial charge in [0.15, 0.2) is 0 Å². The van der Waals surface area contributed by atoms with Crippen LogP contribution in [0.15, 0.2) is 36.4 Å². The van der Waals surface area contributed by atoms with Crippen LogP contribution in [0, 0.1) is 0 Å². The first-order valence-electron chi connectivity index (χ1n) is 8.82. The Balaban J connectivity index is 1.60. The van der Waals surface area contributed by atoms with Crippen molar-refractivity contribution in [3.05, 3.63) is 52.3 Å². The van der Waals surface area contributed by atoms with Gasteiger partial charge in [0, 0.05) is 24.5 Å². The largest absolute Gasteiger partial charge is 0.325 e. The Morgan fingerprint density at radius 1 is 0.852 bits per heavy atom. The van der Waals surface area contributed by atoms with Gasteiger partial charge in [-0.3, -0.25) is 4.79 Å². The molecule has 0 atom stereocenters. The fourth-order valence-electron chi connectivity index (χ4n) is 2.88. The SMILES string of the molecule is O=C(Nc1ccc(NC(=O)N2CCCCCC2)cc1)c1nc(Cl)ccc1Cl. The van der Waals surface area contributed by atoms with Gasteiger partial charge in [-0.1, -0.05) is 36.0 Å². The third-order valence-electron chi connectivity index (χ3n) is 4.31. The molecular weight excluding hydrogens is 387 g/mol. The maximum absolute atomic E-state index is 12.3. The number of likely N-dealkylation sites (tertiary alicyclic amines) is 1. The molecule has 0 unspecified atom stereocenters. The highest BCUT2D eigenvalue weighted by molar-refractivity contribution is 6.35. The molecule has 1 aromatic heterocycles. The molecule has 27 heavy (non-hydrogen) atoms. The Morgan fingerprint density at radius 2 is 1.44 bits per heavy atom. The van der Waals surface area contributed by atoms with Gasteiger partial charge >= 0.3 is 6.03 Å². The number of benzene rings is 1. The molecule has 1 aliphatic rings. The van der Waals surface area contributed by atoms with Crippen LogP contribution in [0.4, 0.5) is 16.2 Å². The Bertz CT molecular complexity index is 819. The summed E-state index contributed by atoms with van der Waals surface area (Å²) in [6, 6.07) is 9.82. The Morgan fingerprint density at radius 3 is 2.07 bits per heavy atom. The first-order chi connectivity index (χ1) is 13.0. The van der Waals surface area contributed by atoms with Gasteiger partial charge in [0.2, 0.25) is 0 Å². The van der Waals surface area contributed by atoms with Crippen molar-refractivity contribution in [1.29, 1.82) is 0 Å². The van der Waals surface area contributed by atoms with E-state index in [0.29, 0.717) is 11.4 Å². The zero-order chi connectivity index (χ0) is 19.2. The number of hydrogen-bond donors (Lipinski definition) is 2. The molecule has 142 valence electrons. The van der Waals surface area contributed by atoms with Crippen molar-refractivity contribution in [3.8, 4) is 0 Å². The predicted molar refractivity (Wildman–Crippen MR) is 108 cm³/mol. The predicted octanol–water partition coefficient (Wildman–Crippen LogP) is 5.05. The zero-order valence-corrected chi connectivity index (χ0v) is 16.2. The van der Waals surface area contributed by atoms with E-state index < -0.39 is 5.91 Å². The number of nitrogens with zero attached hydrogens (tertiary/aromatic N) is 2. The van der Waals surface area contributed by atoms with E-state index in [4.69, 9.17) is 23.2 Å². The van der Waals surface area contributed by atoms with E-state index in [2.05, 4.69) is 15.6 Å². The van der Waals surface area contributed by atoms with E-state index in [1.54, 1.807) is 24.3 Å². The van der Waals surface area contributed by atoms with Crippen molar-refractivity contribution < 1.29 is 9.59 Å². The second-order valence-electron chi connectivity index (χ2n) is 6.33. The van der Waals surface area contributed by atoms with Crippen LogP contribution in [-0.4, -0.2) is 34.9 Å². The molecule has 1 saturated heterocycles. The minimum absolute atomic E-state index is 0.0581. The van der Waals surface area contributed by atoms with Gasteiger partial charge in [0.25, 0.3) is 5.91 Å². The molecular formula is C19H20Cl2N4O2. The third kappa shape index (κ3) is 5.34. The van der Waals surface area contributed by atoms with Gasteiger partial charge in [0.05, 0.1) is 5.02 Å². The van der Waals surface area contributed by atoms with Crippen molar-refractivity contribution >= 4 is 46.5 Å². The number of urea groups is 1. The molecule has 1 aliphatic heterocycles. The molecule has 2 N–H and O–H groups in total. The molecule has 6 nitrogen and oxygen atoms in total. The minimum Gasteiger partial charge on any atom is -0.325 e. The van der Waals surface area contributed by atoms with E-state index in [-0.39, 0.29) is 21.9 Å². The number of carbonyl (C=O) groups is 2. The summed E-state index contributed by atoms with van der Waals surface area (Å²) >= 11 is 11.8. The third-order valence-corrected chi connectivity index (χ3v) is 4.83. The van der Waals surface area contributed by atoms with Crippen molar-refractivity contribution in [3.63, 3.8) is 0 Å². The van der Waals surface area contributed by atoms with Crippen LogP contribution >= 0.6 is 23.2 Å². The van der Waals surface area contributed by atoms with Gasteiger partial charge in [-0.2, -0.15) is 0 Å². The number of nitrogens with one attached hydrogen (secondary N) is 2. The van der Waals surface area contributed by atoms with Crippen LogP contribution < -0.4 is 10.6 Å². The fraction of sp³-hybridized carbons (Fsp3) is 0.316. The van der Waals surface area contributed by atoms with Gasteiger partial charge in [-0.25, -0.2) is 9.78 Å². The number of anilines is 2. The van der Waals surface area contributed by atoms with Gasteiger partial charge in [-0.05, 0) is 49.2 Å². The lowest BCUT2D eigenvalue weighted by atomic mass is 10.2. The fourth-order valence-corrected chi connectivity index (χ4v) is 3.22. The quantitative estimate of drug-likeness (QED) is 0.700. The topological polar surface area (TPSA) is 74.3 Å². The van der Waals surface area contributed by atoms with E-state index in [1.165, 1.54) is 25.0 Å². The highest BCUT2D eigenvalue weighted by Gasteiger charge is 2.16. The van der Waals surface area contributed by atoms with Crippen LogP contribution in [-0.2, 0) is 0 Å². The molecule has 2 heterocycles. The zero-order valence-electron chi connectivity index (χ0n) is 14.7. The normalized spacial score (nSPS) is 14.4. The molecule has 2 aromatic rings. The average Bonchev–Trinajstić information content (AvgIpc) is 2.95. The summed E-state index contributed by atoms with van der Waals surface area (Å²) < 4.78 is 0. The molecule has 0 spiro atoms. The first kappa shape index (κ1) is 19.5. The number of rotatable bonds is 3. The monoisotopic (exact) mass is 406 g/mol. The lowest BCUT2D eigenvalue weighted by Crippen LogP contribution is -2.35. The maximum atomic E-state index is 12.3. The minimum atomic E-state index is -0.455. The Hall–Kier alpha value is -2.31. The maximum Gasteiger partial charge on any atom is 0.321 e. The van der Waals surface area contributed by atoms with Gasteiger partial charge in [0.1, 0.15) is 10.8 Å². The smallest absolute Gasteiger partial charge is 0.321 e. The van der Waals surface area contributed by atoms with E-state index in [1.807, 2.05) is 4.90 Å². The summed E-state index contributed by atoms with van der Waals surface area (Å²) in [4.78, 5) is 30.4. The van der Waals surface area contributed by atoms with Crippen molar-refractivity contribution in [2.45, 2.75) is 25.7 Å². The second kappa shape index (κ2) is 9.06. The van der Waals surface area contributed by atoms with E-state index >= 15 is 0 Å². The summed E-state index contributed by atoms with van der Waals surface area (Å²) in [6.45, 7) is 1.57. The summed E-state index contributed by atoms with van der Waals surface area (Å²) in [5, 5.41) is 6.01. The standard InChI is InChI=1S/C19H20Cl2N4O2/c20-15-9-10-16(21)24-17(15)18(26)22-13-5-7-14(8-6-13)23-19(27)25-11-3-1-2-4-12-25/h5-10H,1-4,11-12H2,(H,22,26)(H,23,27). The molecule has 8 heteroatoms. The van der Waals surface area contributed by atoms with Crippen molar-refractivity contribution in [2.75, 3.05) is 23.7 Å². The van der Waals surface area contributed by atoms with Crippen molar-refractivity contribution in [2.24, 2.45) is 0 Å². The van der Waals surface area contributed by atoms with Crippen LogP contribution in [0.5, 0.6) is 0 Å². The molecule has 0 saturated carbocycles. The Kier molecular flexibility index (Phi) is 6.53. The number of carbonyl (C=O) groups excluding carboxylic acids is 2. The lowest BCUT2D eigenvalue weighted by Gasteiger charge is -2.20. The highest BCUT2D eigenvalue weighted by atomic mass is 35.5. The molecule has 1 aromatic carbocycles. The Labute approximate surface area is 167 Å². The first-order valence-corrected chi connectivity index (χ1v) is 9.58. The summed E-state index contributed by atoms with van der Waals surface area (Å²) in [5.74, 6) is -0.455. The molecule has 0 bridgehead atoms. The summed E-state index contributed by atoms with van der Waals surface area (Å²) in [7, 11) is 0. The number of hydrogen-bond acceptors (Lipinski definition) is 3. The van der Waals surface area contributed by atoms with Gasteiger partial charge < -0.3 is 15.5 Å². The highest BCUT2D eigenvalue weighted by Crippen LogP contribution is 2.20. The summed E-state index contributed by atoms with van der Waals surface area (Å²) in [6.07, 6.45) is 4.42. The number of pyridine rings is 1. The van der Waals surface area contributed by atoms with Crippen LogP contribution in [0.25, 0.3) is 0 Å². The van der Waals surface area contributed by atoms with E-state index in [0.717, 1.165) is 25.9 Å². The van der Waals surface area contributed by atoms with Crippen LogP contribution in [0.2, 0.25) is 10.2 Å². The van der Waals surface area contributed by atoms with E-state index in [9.17, 15) is 9.59 Å². The second-order valence-corrected chi connectivity index (χ2v) is 7.12. The lowest BCUT2D eigenvalue weighted by molar-refractivity contribution is 0.102. The summed E-state index contributed by atoms with van der Waals surface area (Å²) in [5.41, 5.74) is 1.29. The molecule has 0 radical (unpaired) electrons. The number of halogens is 2. The molecule has 0 aliphatic carbocycles. The number of amides is 3.